The maximum Gasteiger partial charge on any atom is 0.346 e. The summed E-state index contributed by atoms with van der Waals surface area (Å²) in [5, 5.41) is 1.82. The molecule has 0 amide bonds. The van der Waals surface area contributed by atoms with Gasteiger partial charge < -0.3 is 4.52 Å². The first-order chi connectivity index (χ1) is 13.3. The van der Waals surface area contributed by atoms with Crippen LogP contribution in [0.4, 0.5) is 0 Å². The molecule has 6 nitrogen and oxygen atoms in total. The fourth-order valence-corrected chi connectivity index (χ4v) is 8.58. The van der Waals surface area contributed by atoms with Crippen LogP contribution in [0.3, 0.4) is 0 Å². The zero-order valence-electron chi connectivity index (χ0n) is 15.3. The summed E-state index contributed by atoms with van der Waals surface area (Å²) in [6.45, 7) is 0.874. The van der Waals surface area contributed by atoms with E-state index in [1.807, 2.05) is 5.38 Å². The number of sulfone groups is 1. The second kappa shape index (κ2) is 14.1. The quantitative estimate of drug-likeness (QED) is 0.232. The highest BCUT2D eigenvalue weighted by Crippen LogP contribution is 2.54. The third kappa shape index (κ3) is 8.96. The molecule has 0 aliphatic carbocycles. The van der Waals surface area contributed by atoms with Crippen molar-refractivity contribution >= 4 is 75.2 Å². The first kappa shape index (κ1) is 27.0. The Balaban J connectivity index is 2.92. The molecule has 0 aromatic carbocycles. The fourth-order valence-electron chi connectivity index (χ4n) is 2.43. The zero-order valence-corrected chi connectivity index (χ0v) is 20.9. The fraction of sp³-hybridized carbons (Fsp3) is 0.733. The number of nitrogens with zero attached hydrogens (tertiary/aromatic N) is 2. The highest BCUT2D eigenvalue weighted by atomic mass is 35.5. The van der Waals surface area contributed by atoms with Gasteiger partial charge in [0.05, 0.1) is 18.1 Å². The van der Waals surface area contributed by atoms with Gasteiger partial charge in [-0.2, -0.15) is 0 Å². The van der Waals surface area contributed by atoms with Crippen LogP contribution in [0.2, 0.25) is 0 Å². The third-order valence-corrected chi connectivity index (χ3v) is 9.70. The van der Waals surface area contributed by atoms with E-state index in [0.717, 1.165) is 4.88 Å². The van der Waals surface area contributed by atoms with Gasteiger partial charge in [0.15, 0.2) is 9.84 Å². The normalized spacial score (nSPS) is 12.9. The van der Waals surface area contributed by atoms with Gasteiger partial charge in [0, 0.05) is 54.6 Å². The highest BCUT2D eigenvalue weighted by Gasteiger charge is 2.38. The van der Waals surface area contributed by atoms with Crippen molar-refractivity contribution in [1.82, 2.24) is 9.34 Å². The van der Waals surface area contributed by atoms with Crippen LogP contribution in [0.25, 0.3) is 0 Å². The van der Waals surface area contributed by atoms with Crippen LogP contribution in [0.15, 0.2) is 17.5 Å². The molecule has 1 aromatic rings. The van der Waals surface area contributed by atoms with Gasteiger partial charge in [-0.15, -0.1) is 57.7 Å². The maximum absolute atomic E-state index is 13.8. The van der Waals surface area contributed by atoms with Crippen molar-refractivity contribution in [2.24, 2.45) is 0 Å². The Morgan fingerprint density at radius 3 is 1.86 bits per heavy atom. The number of halogens is 4. The molecule has 0 aliphatic heterocycles. The molecule has 0 bridgehead atoms. The van der Waals surface area contributed by atoms with Crippen LogP contribution >= 0.6 is 65.4 Å². The van der Waals surface area contributed by atoms with E-state index in [4.69, 9.17) is 50.9 Å². The Bertz CT molecular complexity index is 662. The molecule has 1 rings (SSSR count). The Hall–Kier alpha value is 0.920. The number of hydrogen-bond donors (Lipinski definition) is 0. The second-order valence-electron chi connectivity index (χ2n) is 5.66. The summed E-state index contributed by atoms with van der Waals surface area (Å²) in [4.78, 5) is 0.750. The lowest BCUT2D eigenvalue weighted by Crippen LogP contribution is -2.38. The molecular weight excluding hydrogens is 509 g/mol. The number of hydrogen-bond acceptors (Lipinski definition) is 5. The van der Waals surface area contributed by atoms with Gasteiger partial charge in [0.2, 0.25) is 0 Å². The van der Waals surface area contributed by atoms with Crippen molar-refractivity contribution in [1.29, 1.82) is 0 Å². The average Bonchev–Trinajstić information content (AvgIpc) is 3.13. The van der Waals surface area contributed by atoms with E-state index in [9.17, 15) is 13.0 Å². The minimum absolute atomic E-state index is 0.0710. The highest BCUT2D eigenvalue weighted by molar-refractivity contribution is 7.90. The van der Waals surface area contributed by atoms with Crippen LogP contribution in [-0.4, -0.2) is 79.8 Å². The smallest absolute Gasteiger partial charge is 0.305 e. The lowest BCUT2D eigenvalue weighted by Gasteiger charge is -2.37. The Morgan fingerprint density at radius 1 is 0.964 bits per heavy atom. The molecule has 0 N–H and O–H groups in total. The molecule has 0 saturated heterocycles. The van der Waals surface area contributed by atoms with Gasteiger partial charge in [-0.1, -0.05) is 6.07 Å². The molecule has 0 unspecified atom stereocenters. The molecule has 1 aromatic heterocycles. The third-order valence-electron chi connectivity index (χ3n) is 3.68. The molecule has 0 aliphatic rings. The first-order valence-electron chi connectivity index (χ1n) is 8.55. The van der Waals surface area contributed by atoms with Crippen molar-refractivity contribution in [2.75, 3.05) is 62.1 Å². The van der Waals surface area contributed by atoms with Crippen LogP contribution in [0, 0.1) is 0 Å². The molecule has 13 heteroatoms. The van der Waals surface area contributed by atoms with Crippen LogP contribution in [0.5, 0.6) is 0 Å². The topological polar surface area (TPSA) is 66.9 Å². The maximum atomic E-state index is 13.8. The Kier molecular flexibility index (Phi) is 13.5. The van der Waals surface area contributed by atoms with Gasteiger partial charge in [-0.25, -0.2) is 17.8 Å². The Labute approximate surface area is 191 Å². The largest absolute Gasteiger partial charge is 0.346 e. The van der Waals surface area contributed by atoms with Gasteiger partial charge in [0.25, 0.3) is 0 Å². The molecule has 0 fully saturated rings. The van der Waals surface area contributed by atoms with E-state index >= 15 is 0 Å². The molecule has 0 atom stereocenters. The van der Waals surface area contributed by atoms with Crippen molar-refractivity contribution in [3.8, 4) is 0 Å². The van der Waals surface area contributed by atoms with Crippen molar-refractivity contribution < 1.29 is 17.5 Å². The van der Waals surface area contributed by atoms with Gasteiger partial charge in [-0.3, -0.25) is 4.57 Å². The SMILES string of the molecule is O=P(OCCS(=O)(=O)Cc1cccs1)(N(CCCl)CCCl)N(CCCl)CCCl. The zero-order chi connectivity index (χ0) is 21.0. The van der Waals surface area contributed by atoms with Crippen molar-refractivity contribution in [3.05, 3.63) is 22.4 Å². The van der Waals surface area contributed by atoms with Gasteiger partial charge in [-0.05, 0) is 11.4 Å². The number of thiophene rings is 1. The minimum atomic E-state index is -3.60. The summed E-state index contributed by atoms with van der Waals surface area (Å²) in [6.07, 6.45) is 0. The van der Waals surface area contributed by atoms with Crippen molar-refractivity contribution in [3.63, 3.8) is 0 Å². The van der Waals surface area contributed by atoms with Crippen LogP contribution in [0.1, 0.15) is 4.88 Å². The summed E-state index contributed by atoms with van der Waals surface area (Å²) >= 11 is 24.8. The molecule has 164 valence electrons. The van der Waals surface area contributed by atoms with E-state index < -0.39 is 17.5 Å². The molecule has 0 saturated carbocycles. The lowest BCUT2D eigenvalue weighted by atomic mass is 10.5. The summed E-state index contributed by atoms with van der Waals surface area (Å²) < 4.78 is 47.3. The summed E-state index contributed by atoms with van der Waals surface area (Å²) in [5.41, 5.74) is 0. The van der Waals surface area contributed by atoms with Crippen LogP contribution < -0.4 is 0 Å². The van der Waals surface area contributed by atoms with Gasteiger partial charge in [0.1, 0.15) is 0 Å². The molecule has 0 spiro atoms. The standard InChI is InChI=1S/C15H25Cl4N2O4PS2/c16-3-7-20(8-4-17)26(22,21(9-5-18)10-6-19)25-11-13-28(23,24)14-15-2-1-12-27-15/h1-2,12H,3-11,13-14H2. The van der Waals surface area contributed by atoms with E-state index in [2.05, 4.69) is 0 Å². The Morgan fingerprint density at radius 2 is 1.46 bits per heavy atom. The van der Waals surface area contributed by atoms with E-state index in [1.165, 1.54) is 11.3 Å². The molecular formula is C15H25Cl4N2O4PS2. The van der Waals surface area contributed by atoms with E-state index in [1.54, 1.807) is 21.5 Å². The molecule has 28 heavy (non-hydrogen) atoms. The summed E-state index contributed by atoms with van der Waals surface area (Å²) in [6, 6.07) is 3.56. The predicted octanol–water partition coefficient (Wildman–Crippen LogP) is 4.35. The first-order valence-corrected chi connectivity index (χ1v) is 14.9. The molecule has 0 radical (unpaired) electrons. The summed E-state index contributed by atoms with van der Waals surface area (Å²) in [7, 11) is -7.00. The number of rotatable bonds is 16. The second-order valence-corrected chi connectivity index (χ2v) is 12.8. The average molecular weight is 534 g/mol. The van der Waals surface area contributed by atoms with Gasteiger partial charge >= 0.3 is 7.67 Å². The molecule has 1 heterocycles. The monoisotopic (exact) mass is 532 g/mol. The minimum Gasteiger partial charge on any atom is -0.305 e. The van der Waals surface area contributed by atoms with E-state index in [-0.39, 0.29) is 67.8 Å². The number of alkyl halides is 4. The van der Waals surface area contributed by atoms with Crippen LogP contribution in [-0.2, 0) is 24.7 Å². The lowest BCUT2D eigenvalue weighted by molar-refractivity contribution is 0.226. The van der Waals surface area contributed by atoms with Crippen molar-refractivity contribution in [2.45, 2.75) is 5.75 Å². The predicted molar refractivity (Wildman–Crippen MR) is 121 cm³/mol. The van der Waals surface area contributed by atoms with E-state index in [0.29, 0.717) is 0 Å². The summed E-state index contributed by atoms with van der Waals surface area (Å²) in [5.74, 6) is 0.554.